The molecule has 0 unspecified atom stereocenters. The lowest BCUT2D eigenvalue weighted by molar-refractivity contribution is -0.150. The highest BCUT2D eigenvalue weighted by atomic mass is 32.1. The summed E-state index contributed by atoms with van der Waals surface area (Å²) >= 11 is 1.68. The quantitative estimate of drug-likeness (QED) is 0.705. The molecular weight excluding hydrogens is 364 g/mol. The summed E-state index contributed by atoms with van der Waals surface area (Å²) in [5, 5.41) is 12.8. The van der Waals surface area contributed by atoms with Crippen molar-refractivity contribution < 1.29 is 19.4 Å². The van der Waals surface area contributed by atoms with Crippen LogP contribution < -0.4 is 5.32 Å². The Labute approximate surface area is 159 Å². The predicted molar refractivity (Wildman–Crippen MR) is 103 cm³/mol. The lowest BCUT2D eigenvalue weighted by Crippen LogP contribution is -2.29. The van der Waals surface area contributed by atoms with E-state index in [1.807, 2.05) is 42.5 Å². The number of carbonyl (C=O) groups is 2. The second-order valence-electron chi connectivity index (χ2n) is 6.47. The summed E-state index contributed by atoms with van der Waals surface area (Å²) in [6.07, 6.45) is -0.0995. The van der Waals surface area contributed by atoms with E-state index < -0.39 is 18.2 Å². The van der Waals surface area contributed by atoms with Gasteiger partial charge in [0.25, 0.3) is 5.91 Å². The molecule has 1 aliphatic rings. The number of carboxylic acids is 1. The maximum absolute atomic E-state index is 12.2. The maximum atomic E-state index is 12.2. The number of hydrogen-bond acceptors (Lipinski definition) is 5. The van der Waals surface area contributed by atoms with Crippen molar-refractivity contribution in [3.63, 3.8) is 0 Å². The predicted octanol–water partition coefficient (Wildman–Crippen LogP) is 3.46. The number of fused-ring (bicyclic) bond motifs is 1. The normalized spacial score (nSPS) is 19.3. The van der Waals surface area contributed by atoms with Gasteiger partial charge in [-0.2, -0.15) is 0 Å². The fraction of sp³-hybridized carbons (Fsp3) is 0.250. The smallest absolute Gasteiger partial charge is 0.332 e. The highest BCUT2D eigenvalue weighted by Crippen LogP contribution is 2.25. The Balaban J connectivity index is 1.37. The van der Waals surface area contributed by atoms with Crippen LogP contribution in [-0.2, 0) is 20.7 Å². The molecule has 2 heterocycles. The van der Waals surface area contributed by atoms with Gasteiger partial charge in [-0.1, -0.05) is 24.3 Å². The number of aliphatic carboxylic acids is 1. The number of carbonyl (C=O) groups excluding carboxylic acids is 1. The van der Waals surface area contributed by atoms with Gasteiger partial charge in [0.1, 0.15) is 6.10 Å². The Morgan fingerprint density at radius 2 is 1.85 bits per heavy atom. The number of aromatic nitrogens is 1. The molecule has 0 bridgehead atoms. The lowest BCUT2D eigenvalue weighted by atomic mass is 10.1. The van der Waals surface area contributed by atoms with Crippen molar-refractivity contribution in [3.05, 3.63) is 59.1 Å². The van der Waals surface area contributed by atoms with Crippen LogP contribution in [0.4, 0.5) is 5.69 Å². The molecule has 2 aromatic carbocycles. The van der Waals surface area contributed by atoms with E-state index in [4.69, 9.17) is 9.84 Å². The molecule has 0 aliphatic carbocycles. The van der Waals surface area contributed by atoms with Crippen LogP contribution in [0.15, 0.2) is 48.5 Å². The van der Waals surface area contributed by atoms with Crippen LogP contribution in [0.2, 0.25) is 0 Å². The van der Waals surface area contributed by atoms with Crippen molar-refractivity contribution in [3.8, 4) is 0 Å². The van der Waals surface area contributed by atoms with Gasteiger partial charge in [-0.25, -0.2) is 9.78 Å². The van der Waals surface area contributed by atoms with Crippen molar-refractivity contribution in [2.45, 2.75) is 31.5 Å². The number of ether oxygens (including phenoxy) is 1. The summed E-state index contributed by atoms with van der Waals surface area (Å²) in [6, 6.07) is 15.6. The summed E-state index contributed by atoms with van der Waals surface area (Å²) in [5.41, 5.74) is 2.78. The molecule has 7 heteroatoms. The first kappa shape index (κ1) is 17.6. The summed E-state index contributed by atoms with van der Waals surface area (Å²) in [6.45, 7) is 0. The summed E-state index contributed by atoms with van der Waals surface area (Å²) < 4.78 is 6.44. The highest BCUT2D eigenvalue weighted by Gasteiger charge is 2.34. The molecule has 2 N–H and O–H groups in total. The fourth-order valence-corrected chi connectivity index (χ4v) is 4.11. The maximum Gasteiger partial charge on any atom is 0.332 e. The standard InChI is InChI=1S/C20H18N2O4S/c23-19(15-9-10-16(26-15)20(24)25)21-13-7-5-12(6-8-13)11-18-22-14-3-1-2-4-17(14)27-18/h1-8,15-16H,9-11H2,(H,21,23)(H,24,25)/t15-,16+/m0/s1. The minimum absolute atomic E-state index is 0.308. The van der Waals surface area contributed by atoms with Crippen molar-refractivity contribution in [2.24, 2.45) is 0 Å². The molecule has 1 amide bonds. The molecule has 138 valence electrons. The van der Waals surface area contributed by atoms with Crippen molar-refractivity contribution in [1.29, 1.82) is 0 Å². The largest absolute Gasteiger partial charge is 0.479 e. The van der Waals surface area contributed by atoms with E-state index in [0.717, 1.165) is 22.5 Å². The number of rotatable bonds is 5. The zero-order valence-electron chi connectivity index (χ0n) is 14.4. The van der Waals surface area contributed by atoms with Crippen LogP contribution in [0.25, 0.3) is 10.2 Å². The Morgan fingerprint density at radius 3 is 2.56 bits per heavy atom. The molecule has 1 aliphatic heterocycles. The minimum Gasteiger partial charge on any atom is -0.479 e. The average molecular weight is 382 g/mol. The third-order valence-electron chi connectivity index (χ3n) is 4.50. The zero-order valence-corrected chi connectivity index (χ0v) is 15.2. The molecular formula is C20H18N2O4S. The summed E-state index contributed by atoms with van der Waals surface area (Å²) in [4.78, 5) is 27.8. The molecule has 2 atom stereocenters. The number of para-hydroxylation sites is 1. The molecule has 3 aromatic rings. The fourth-order valence-electron chi connectivity index (χ4n) is 3.11. The van der Waals surface area contributed by atoms with E-state index >= 15 is 0 Å². The van der Waals surface area contributed by atoms with E-state index in [9.17, 15) is 9.59 Å². The van der Waals surface area contributed by atoms with Gasteiger partial charge in [0.2, 0.25) is 0 Å². The van der Waals surface area contributed by atoms with Crippen LogP contribution >= 0.6 is 11.3 Å². The van der Waals surface area contributed by atoms with Gasteiger partial charge in [-0.3, -0.25) is 4.79 Å². The molecule has 4 rings (SSSR count). The van der Waals surface area contributed by atoms with Crippen molar-refractivity contribution >= 4 is 39.1 Å². The highest BCUT2D eigenvalue weighted by molar-refractivity contribution is 7.18. The van der Waals surface area contributed by atoms with Crippen molar-refractivity contribution in [2.75, 3.05) is 5.32 Å². The monoisotopic (exact) mass is 382 g/mol. The topological polar surface area (TPSA) is 88.5 Å². The number of thiazole rings is 1. The van der Waals surface area contributed by atoms with Crippen LogP contribution in [-0.4, -0.2) is 34.2 Å². The van der Waals surface area contributed by atoms with Crippen LogP contribution in [0.5, 0.6) is 0 Å². The van der Waals surface area contributed by atoms with Crippen LogP contribution in [0.3, 0.4) is 0 Å². The number of nitrogens with zero attached hydrogens (tertiary/aromatic N) is 1. The first-order valence-corrected chi connectivity index (χ1v) is 9.52. The number of carboxylic acid groups (broad SMARTS) is 1. The first-order chi connectivity index (χ1) is 13.1. The number of anilines is 1. The van der Waals surface area contributed by atoms with Gasteiger partial charge in [0.15, 0.2) is 6.10 Å². The summed E-state index contributed by atoms with van der Waals surface area (Å²) in [5.74, 6) is -1.33. The van der Waals surface area contributed by atoms with Gasteiger partial charge >= 0.3 is 5.97 Å². The Kier molecular flexibility index (Phi) is 4.87. The zero-order chi connectivity index (χ0) is 18.8. The van der Waals surface area contributed by atoms with Gasteiger partial charge in [0, 0.05) is 12.1 Å². The van der Waals surface area contributed by atoms with E-state index in [-0.39, 0.29) is 5.91 Å². The average Bonchev–Trinajstić information content (AvgIpc) is 3.30. The van der Waals surface area contributed by atoms with Gasteiger partial charge < -0.3 is 15.2 Å². The van der Waals surface area contributed by atoms with Crippen LogP contribution in [0.1, 0.15) is 23.4 Å². The Morgan fingerprint density at radius 1 is 1.11 bits per heavy atom. The van der Waals surface area contributed by atoms with E-state index in [1.165, 1.54) is 4.70 Å². The first-order valence-electron chi connectivity index (χ1n) is 8.71. The molecule has 1 aromatic heterocycles. The Hall–Kier alpha value is -2.77. The van der Waals surface area contributed by atoms with Crippen molar-refractivity contribution in [1.82, 2.24) is 4.98 Å². The number of hydrogen-bond donors (Lipinski definition) is 2. The molecule has 0 radical (unpaired) electrons. The second kappa shape index (κ2) is 7.46. The molecule has 27 heavy (non-hydrogen) atoms. The van der Waals surface area contributed by atoms with Gasteiger partial charge in [-0.05, 0) is 42.7 Å². The molecule has 0 saturated carbocycles. The van der Waals surface area contributed by atoms with E-state index in [0.29, 0.717) is 18.5 Å². The molecule has 1 fully saturated rings. The second-order valence-corrected chi connectivity index (χ2v) is 7.58. The SMILES string of the molecule is O=C(Nc1ccc(Cc2nc3ccccc3s2)cc1)[C@@H]1CC[C@H](C(=O)O)O1. The Bertz CT molecular complexity index is 950. The number of nitrogens with one attached hydrogen (secondary N) is 1. The van der Waals surface area contributed by atoms with Gasteiger partial charge in [0.05, 0.1) is 15.2 Å². The minimum atomic E-state index is -1.02. The third-order valence-corrected chi connectivity index (χ3v) is 5.54. The number of amides is 1. The van der Waals surface area contributed by atoms with Crippen LogP contribution in [0, 0.1) is 0 Å². The lowest BCUT2D eigenvalue weighted by Gasteiger charge is -2.12. The molecule has 6 nitrogen and oxygen atoms in total. The van der Waals surface area contributed by atoms with E-state index in [1.54, 1.807) is 11.3 Å². The molecule has 0 spiro atoms. The number of benzene rings is 2. The molecule has 1 saturated heterocycles. The van der Waals surface area contributed by atoms with Gasteiger partial charge in [-0.15, -0.1) is 11.3 Å². The summed E-state index contributed by atoms with van der Waals surface area (Å²) in [7, 11) is 0. The third kappa shape index (κ3) is 3.99. The van der Waals surface area contributed by atoms with E-state index in [2.05, 4.69) is 16.4 Å².